The Morgan fingerprint density at radius 1 is 1.21 bits per heavy atom. The molecule has 0 amide bonds. The summed E-state index contributed by atoms with van der Waals surface area (Å²) < 4.78 is 1.15. The van der Waals surface area contributed by atoms with Gasteiger partial charge in [-0.1, -0.05) is 51.8 Å². The summed E-state index contributed by atoms with van der Waals surface area (Å²) in [5.41, 5.74) is 3.76. The normalized spacial score (nSPS) is 12.4. The standard InChI is InChI=1S/C16H17BrClN/c1-11-6-7-14(15(17)8-11)16(19-2)10-12-4-3-5-13(18)9-12/h3-9,16,19H,10H2,1-2H3. The summed E-state index contributed by atoms with van der Waals surface area (Å²) in [6, 6.07) is 14.8. The molecule has 100 valence electrons. The van der Waals surface area contributed by atoms with Gasteiger partial charge in [0.25, 0.3) is 0 Å². The minimum atomic E-state index is 0.272. The van der Waals surface area contributed by atoms with Crippen LogP contribution in [0.4, 0.5) is 0 Å². The van der Waals surface area contributed by atoms with Crippen molar-refractivity contribution in [3.8, 4) is 0 Å². The smallest absolute Gasteiger partial charge is 0.0408 e. The number of hydrogen-bond donors (Lipinski definition) is 1. The molecule has 1 N–H and O–H groups in total. The molecular weight excluding hydrogens is 322 g/mol. The van der Waals surface area contributed by atoms with E-state index < -0.39 is 0 Å². The quantitative estimate of drug-likeness (QED) is 0.835. The Kier molecular flexibility index (Phi) is 5.03. The number of rotatable bonds is 4. The molecule has 0 aliphatic rings. The van der Waals surface area contributed by atoms with Crippen molar-refractivity contribution < 1.29 is 0 Å². The van der Waals surface area contributed by atoms with Crippen LogP contribution in [-0.4, -0.2) is 7.05 Å². The first kappa shape index (κ1) is 14.6. The second kappa shape index (κ2) is 6.56. The fraction of sp³-hybridized carbons (Fsp3) is 0.250. The van der Waals surface area contributed by atoms with Crippen LogP contribution in [0.25, 0.3) is 0 Å². The van der Waals surface area contributed by atoms with Gasteiger partial charge in [-0.05, 0) is 55.3 Å². The molecule has 0 fully saturated rings. The average molecular weight is 339 g/mol. The molecule has 2 rings (SSSR count). The predicted molar refractivity (Wildman–Crippen MR) is 85.8 cm³/mol. The highest BCUT2D eigenvalue weighted by Crippen LogP contribution is 2.27. The van der Waals surface area contributed by atoms with Gasteiger partial charge in [-0.15, -0.1) is 0 Å². The van der Waals surface area contributed by atoms with E-state index >= 15 is 0 Å². The van der Waals surface area contributed by atoms with Crippen molar-refractivity contribution in [2.75, 3.05) is 7.05 Å². The van der Waals surface area contributed by atoms with Crippen LogP contribution in [0, 0.1) is 6.92 Å². The molecule has 0 bridgehead atoms. The van der Waals surface area contributed by atoms with Crippen LogP contribution in [0.2, 0.25) is 5.02 Å². The molecule has 0 heterocycles. The van der Waals surface area contributed by atoms with Crippen LogP contribution in [0.5, 0.6) is 0 Å². The van der Waals surface area contributed by atoms with Crippen molar-refractivity contribution in [1.82, 2.24) is 5.32 Å². The molecule has 0 saturated carbocycles. The third-order valence-electron chi connectivity index (χ3n) is 3.21. The van der Waals surface area contributed by atoms with Gasteiger partial charge in [0.05, 0.1) is 0 Å². The lowest BCUT2D eigenvalue weighted by Crippen LogP contribution is -2.19. The minimum absolute atomic E-state index is 0.272. The Balaban J connectivity index is 2.25. The molecule has 1 nitrogen and oxygen atoms in total. The van der Waals surface area contributed by atoms with E-state index in [0.29, 0.717) is 0 Å². The van der Waals surface area contributed by atoms with Crippen molar-refractivity contribution in [3.05, 3.63) is 68.7 Å². The molecule has 1 atom stereocenters. The van der Waals surface area contributed by atoms with Crippen molar-refractivity contribution in [2.45, 2.75) is 19.4 Å². The van der Waals surface area contributed by atoms with Gasteiger partial charge in [0.1, 0.15) is 0 Å². The van der Waals surface area contributed by atoms with Crippen LogP contribution >= 0.6 is 27.5 Å². The molecule has 0 spiro atoms. The SMILES string of the molecule is CNC(Cc1cccc(Cl)c1)c1ccc(C)cc1Br. The zero-order chi connectivity index (χ0) is 13.8. The van der Waals surface area contributed by atoms with E-state index in [1.165, 1.54) is 16.7 Å². The second-order valence-corrected chi connectivity index (χ2v) is 5.99. The highest BCUT2D eigenvalue weighted by Gasteiger charge is 2.13. The molecule has 0 radical (unpaired) electrons. The lowest BCUT2D eigenvalue weighted by atomic mass is 9.98. The van der Waals surface area contributed by atoms with E-state index in [9.17, 15) is 0 Å². The molecule has 0 aliphatic carbocycles. The van der Waals surface area contributed by atoms with Gasteiger partial charge in [-0.25, -0.2) is 0 Å². The largest absolute Gasteiger partial charge is 0.313 e. The lowest BCUT2D eigenvalue weighted by Gasteiger charge is -2.19. The molecule has 0 saturated heterocycles. The number of halogens is 2. The molecule has 0 aromatic heterocycles. The van der Waals surface area contributed by atoms with E-state index in [2.05, 4.69) is 52.4 Å². The first-order valence-electron chi connectivity index (χ1n) is 6.28. The molecule has 2 aromatic rings. The molecule has 1 unspecified atom stereocenters. The Morgan fingerprint density at radius 3 is 2.63 bits per heavy atom. The summed E-state index contributed by atoms with van der Waals surface area (Å²) in [4.78, 5) is 0. The van der Waals surface area contributed by atoms with Gasteiger partial charge in [0.2, 0.25) is 0 Å². The number of aryl methyl sites for hydroxylation is 1. The monoisotopic (exact) mass is 337 g/mol. The molecule has 0 aliphatic heterocycles. The Labute approximate surface area is 128 Å². The van der Waals surface area contributed by atoms with Crippen molar-refractivity contribution in [1.29, 1.82) is 0 Å². The van der Waals surface area contributed by atoms with Crippen LogP contribution in [0.15, 0.2) is 46.9 Å². The maximum atomic E-state index is 6.04. The maximum Gasteiger partial charge on any atom is 0.0408 e. The molecule has 19 heavy (non-hydrogen) atoms. The summed E-state index contributed by atoms with van der Waals surface area (Å²) in [5, 5.41) is 4.16. The number of likely N-dealkylation sites (N-methyl/N-ethyl adjacent to an activating group) is 1. The Hall–Kier alpha value is -0.830. The van der Waals surface area contributed by atoms with Gasteiger partial charge < -0.3 is 5.32 Å². The highest BCUT2D eigenvalue weighted by atomic mass is 79.9. The van der Waals surface area contributed by atoms with Crippen LogP contribution in [-0.2, 0) is 6.42 Å². The van der Waals surface area contributed by atoms with Crippen molar-refractivity contribution in [3.63, 3.8) is 0 Å². The molecular formula is C16H17BrClN. The fourth-order valence-electron chi connectivity index (χ4n) is 2.18. The maximum absolute atomic E-state index is 6.04. The summed E-state index contributed by atoms with van der Waals surface area (Å²) in [6.07, 6.45) is 0.915. The van der Waals surface area contributed by atoms with E-state index in [-0.39, 0.29) is 6.04 Å². The zero-order valence-electron chi connectivity index (χ0n) is 11.1. The van der Waals surface area contributed by atoms with E-state index in [0.717, 1.165) is 15.9 Å². The van der Waals surface area contributed by atoms with E-state index in [4.69, 9.17) is 11.6 Å². The van der Waals surface area contributed by atoms with Gasteiger partial charge in [-0.3, -0.25) is 0 Å². The van der Waals surface area contributed by atoms with Gasteiger partial charge in [0.15, 0.2) is 0 Å². The zero-order valence-corrected chi connectivity index (χ0v) is 13.4. The van der Waals surface area contributed by atoms with Gasteiger partial charge in [0, 0.05) is 15.5 Å². The third kappa shape index (κ3) is 3.82. The summed E-state index contributed by atoms with van der Waals surface area (Å²) in [5.74, 6) is 0. The summed E-state index contributed by atoms with van der Waals surface area (Å²) >= 11 is 9.69. The van der Waals surface area contributed by atoms with Crippen molar-refractivity contribution >= 4 is 27.5 Å². The van der Waals surface area contributed by atoms with Crippen molar-refractivity contribution in [2.24, 2.45) is 0 Å². The van der Waals surface area contributed by atoms with Gasteiger partial charge in [-0.2, -0.15) is 0 Å². The van der Waals surface area contributed by atoms with Crippen LogP contribution in [0.1, 0.15) is 22.7 Å². The van der Waals surface area contributed by atoms with Crippen LogP contribution < -0.4 is 5.32 Å². The third-order valence-corrected chi connectivity index (χ3v) is 4.13. The summed E-state index contributed by atoms with van der Waals surface area (Å²) in [6.45, 7) is 2.10. The Bertz CT molecular complexity index is 568. The van der Waals surface area contributed by atoms with Gasteiger partial charge >= 0.3 is 0 Å². The first-order chi connectivity index (χ1) is 9.10. The first-order valence-corrected chi connectivity index (χ1v) is 7.45. The Morgan fingerprint density at radius 2 is 2.00 bits per heavy atom. The predicted octanol–water partition coefficient (Wildman–Crippen LogP) is 4.91. The van der Waals surface area contributed by atoms with E-state index in [1.807, 2.05) is 25.2 Å². The fourth-order valence-corrected chi connectivity index (χ4v) is 3.16. The number of hydrogen-bond acceptors (Lipinski definition) is 1. The number of nitrogens with one attached hydrogen (secondary N) is 1. The minimum Gasteiger partial charge on any atom is -0.313 e. The summed E-state index contributed by atoms with van der Waals surface area (Å²) in [7, 11) is 1.99. The second-order valence-electron chi connectivity index (χ2n) is 4.70. The topological polar surface area (TPSA) is 12.0 Å². The average Bonchev–Trinajstić information content (AvgIpc) is 2.37. The lowest BCUT2D eigenvalue weighted by molar-refractivity contribution is 0.589. The van der Waals surface area contributed by atoms with Crippen LogP contribution in [0.3, 0.4) is 0 Å². The molecule has 2 aromatic carbocycles. The number of benzene rings is 2. The highest BCUT2D eigenvalue weighted by molar-refractivity contribution is 9.10. The van der Waals surface area contributed by atoms with E-state index in [1.54, 1.807) is 0 Å². The molecule has 3 heteroatoms.